The van der Waals surface area contributed by atoms with Crippen LogP contribution in [0.4, 0.5) is 4.79 Å². The van der Waals surface area contributed by atoms with E-state index in [-0.39, 0.29) is 11.0 Å². The average molecular weight is 532 g/mol. The van der Waals surface area contributed by atoms with E-state index in [2.05, 4.69) is 20.9 Å². The molecule has 0 atom stereocenters. The number of nitrogens with zero attached hydrogens (tertiary/aromatic N) is 3. The smallest absolute Gasteiger partial charge is 0.410 e. The third-order valence-electron chi connectivity index (χ3n) is 5.41. The number of carbonyl (C=O) groups excluding carboxylic acids is 1. The van der Waals surface area contributed by atoms with Crippen LogP contribution in [0.25, 0.3) is 16.5 Å². The van der Waals surface area contributed by atoms with Gasteiger partial charge in [-0.3, -0.25) is 0 Å². The molecule has 1 amide bonds. The maximum absolute atomic E-state index is 13.5. The third-order valence-corrected chi connectivity index (χ3v) is 7.53. The minimum Gasteiger partial charge on any atom is -0.444 e. The Morgan fingerprint density at radius 1 is 1.18 bits per heavy atom. The van der Waals surface area contributed by atoms with Gasteiger partial charge in [0.2, 0.25) is 0 Å². The van der Waals surface area contributed by atoms with Crippen LogP contribution in [0.3, 0.4) is 0 Å². The lowest BCUT2D eigenvalue weighted by Gasteiger charge is -2.29. The van der Waals surface area contributed by atoms with Gasteiger partial charge < -0.3 is 9.64 Å². The second kappa shape index (κ2) is 8.61. The molecule has 4 rings (SSSR count). The molecule has 2 aromatic heterocycles. The molecule has 1 aliphatic rings. The molecule has 3 heterocycles. The number of fused-ring (bicyclic) bond motifs is 1. The maximum Gasteiger partial charge on any atom is 0.410 e. The molecule has 174 valence electrons. The first-order chi connectivity index (χ1) is 15.5. The Labute approximate surface area is 202 Å². The zero-order chi connectivity index (χ0) is 24.0. The first-order valence-electron chi connectivity index (χ1n) is 10.6. The van der Waals surface area contributed by atoms with Crippen molar-refractivity contribution in [3.05, 3.63) is 64.5 Å². The van der Waals surface area contributed by atoms with Crippen LogP contribution in [-0.4, -0.2) is 47.1 Å². The van der Waals surface area contributed by atoms with E-state index in [0.717, 1.165) is 22.1 Å². The molecule has 1 aliphatic heterocycles. The van der Waals surface area contributed by atoms with Crippen molar-refractivity contribution >= 4 is 48.5 Å². The molecule has 3 aromatic rings. The highest BCUT2D eigenvalue weighted by atomic mass is 79.9. The first kappa shape index (κ1) is 23.5. The zero-order valence-corrected chi connectivity index (χ0v) is 21.4. The minimum atomic E-state index is -3.81. The number of halogens is 1. The number of benzene rings is 1. The van der Waals surface area contributed by atoms with Crippen LogP contribution in [-0.2, 0) is 14.8 Å². The molecule has 0 N–H and O–H groups in total. The van der Waals surface area contributed by atoms with Crippen molar-refractivity contribution in [3.63, 3.8) is 0 Å². The molecule has 0 saturated heterocycles. The van der Waals surface area contributed by atoms with E-state index in [4.69, 9.17) is 4.74 Å². The number of pyridine rings is 1. The SMILES string of the molecule is Cc1ccc(S(=O)(=O)n2cc(C3=CCN(C(=O)OC(C)(C)C)CC3)c3cnc(Br)cc32)cc1. The molecular weight excluding hydrogens is 506 g/mol. The van der Waals surface area contributed by atoms with Crippen LogP contribution in [0, 0.1) is 6.92 Å². The quantitative estimate of drug-likeness (QED) is 0.424. The van der Waals surface area contributed by atoms with Gasteiger partial charge in [-0.05, 0) is 73.8 Å². The fourth-order valence-corrected chi connectivity index (χ4v) is 5.43. The Morgan fingerprint density at radius 2 is 1.88 bits per heavy atom. The van der Waals surface area contributed by atoms with Crippen molar-refractivity contribution < 1.29 is 17.9 Å². The highest BCUT2D eigenvalue weighted by Crippen LogP contribution is 2.34. The molecule has 7 nitrogen and oxygen atoms in total. The van der Waals surface area contributed by atoms with Gasteiger partial charge in [-0.2, -0.15) is 0 Å². The lowest BCUT2D eigenvalue weighted by molar-refractivity contribution is 0.0270. The Hall–Kier alpha value is -2.65. The van der Waals surface area contributed by atoms with Gasteiger partial charge in [0.05, 0.1) is 10.4 Å². The lowest BCUT2D eigenvalue weighted by atomic mass is 10.00. The van der Waals surface area contributed by atoms with E-state index in [9.17, 15) is 13.2 Å². The molecular formula is C24H26BrN3O4S. The van der Waals surface area contributed by atoms with Gasteiger partial charge in [0.15, 0.2) is 0 Å². The van der Waals surface area contributed by atoms with E-state index < -0.39 is 15.6 Å². The second-order valence-corrected chi connectivity index (χ2v) is 11.7. The number of amides is 1. The van der Waals surface area contributed by atoms with Crippen LogP contribution in [0.5, 0.6) is 0 Å². The molecule has 1 aromatic carbocycles. The summed E-state index contributed by atoms with van der Waals surface area (Å²) in [7, 11) is -3.81. The van der Waals surface area contributed by atoms with Gasteiger partial charge in [0, 0.05) is 36.4 Å². The summed E-state index contributed by atoms with van der Waals surface area (Å²) in [5, 5.41) is 0.742. The van der Waals surface area contributed by atoms with Crippen LogP contribution < -0.4 is 0 Å². The van der Waals surface area contributed by atoms with Gasteiger partial charge in [-0.15, -0.1) is 0 Å². The summed E-state index contributed by atoms with van der Waals surface area (Å²) in [6.07, 6.45) is 5.51. The first-order valence-corrected chi connectivity index (χ1v) is 12.9. The zero-order valence-electron chi connectivity index (χ0n) is 19.0. The highest BCUT2D eigenvalue weighted by Gasteiger charge is 2.27. The van der Waals surface area contributed by atoms with Crippen LogP contribution in [0.1, 0.15) is 38.3 Å². The van der Waals surface area contributed by atoms with Crippen molar-refractivity contribution in [2.45, 2.75) is 44.6 Å². The van der Waals surface area contributed by atoms with Gasteiger partial charge in [-0.1, -0.05) is 23.8 Å². The van der Waals surface area contributed by atoms with Crippen LogP contribution >= 0.6 is 15.9 Å². The molecule has 9 heteroatoms. The largest absolute Gasteiger partial charge is 0.444 e. The maximum atomic E-state index is 13.5. The summed E-state index contributed by atoms with van der Waals surface area (Å²) in [6, 6.07) is 8.51. The summed E-state index contributed by atoms with van der Waals surface area (Å²) >= 11 is 3.36. The van der Waals surface area contributed by atoms with Gasteiger partial charge in [-0.25, -0.2) is 22.2 Å². The molecule has 0 radical (unpaired) electrons. The van der Waals surface area contributed by atoms with E-state index >= 15 is 0 Å². The standard InChI is InChI=1S/C24H26BrN3O4S/c1-16-5-7-18(8-6-16)33(30,31)28-15-20(19-14-26-22(25)13-21(19)28)17-9-11-27(12-10-17)23(29)32-24(2,3)4/h5-9,13-15H,10-12H2,1-4H3. The Bertz CT molecular complexity index is 1350. The molecule has 33 heavy (non-hydrogen) atoms. The fourth-order valence-electron chi connectivity index (χ4n) is 3.75. The molecule has 0 bridgehead atoms. The summed E-state index contributed by atoms with van der Waals surface area (Å²) in [5.74, 6) is 0. The van der Waals surface area contributed by atoms with Gasteiger partial charge >= 0.3 is 6.09 Å². The summed E-state index contributed by atoms with van der Waals surface area (Å²) in [4.78, 5) is 18.6. The molecule has 0 unspecified atom stereocenters. The number of rotatable bonds is 3. The number of hydrogen-bond acceptors (Lipinski definition) is 5. The predicted octanol–water partition coefficient (Wildman–Crippen LogP) is 5.37. The fraction of sp³-hybridized carbons (Fsp3) is 0.333. The lowest BCUT2D eigenvalue weighted by Crippen LogP contribution is -2.39. The van der Waals surface area contributed by atoms with E-state index in [1.807, 2.05) is 33.8 Å². The minimum absolute atomic E-state index is 0.221. The molecule has 0 fully saturated rings. The molecule has 0 spiro atoms. The van der Waals surface area contributed by atoms with E-state index in [1.165, 1.54) is 3.97 Å². The van der Waals surface area contributed by atoms with E-state index in [1.54, 1.807) is 47.6 Å². The summed E-state index contributed by atoms with van der Waals surface area (Å²) in [6.45, 7) is 8.31. The van der Waals surface area contributed by atoms with Crippen molar-refractivity contribution in [1.82, 2.24) is 13.9 Å². The number of hydrogen-bond donors (Lipinski definition) is 0. The second-order valence-electron chi connectivity index (χ2n) is 9.09. The van der Waals surface area contributed by atoms with Crippen molar-refractivity contribution in [1.29, 1.82) is 0 Å². The van der Waals surface area contributed by atoms with Gasteiger partial charge in [0.1, 0.15) is 10.2 Å². The number of aryl methyl sites for hydroxylation is 1. The van der Waals surface area contributed by atoms with Crippen LogP contribution in [0.15, 0.2) is 58.3 Å². The summed E-state index contributed by atoms with van der Waals surface area (Å²) in [5.41, 5.74) is 2.74. The van der Waals surface area contributed by atoms with Gasteiger partial charge in [0.25, 0.3) is 10.0 Å². The molecule has 0 saturated carbocycles. The molecule has 0 aliphatic carbocycles. The van der Waals surface area contributed by atoms with E-state index in [0.29, 0.717) is 29.6 Å². The average Bonchev–Trinajstić information content (AvgIpc) is 3.12. The normalized spacial score (nSPS) is 14.9. The van der Waals surface area contributed by atoms with Crippen LogP contribution in [0.2, 0.25) is 0 Å². The van der Waals surface area contributed by atoms with Crippen molar-refractivity contribution in [2.75, 3.05) is 13.1 Å². The monoisotopic (exact) mass is 531 g/mol. The predicted molar refractivity (Wildman–Crippen MR) is 132 cm³/mol. The van der Waals surface area contributed by atoms with Crippen molar-refractivity contribution in [2.24, 2.45) is 0 Å². The number of carbonyl (C=O) groups is 1. The Balaban J connectivity index is 1.73. The topological polar surface area (TPSA) is 81.5 Å². The Morgan fingerprint density at radius 3 is 2.48 bits per heavy atom. The summed E-state index contributed by atoms with van der Waals surface area (Å²) < 4.78 is 34.3. The number of aromatic nitrogens is 2. The highest BCUT2D eigenvalue weighted by molar-refractivity contribution is 9.10. The van der Waals surface area contributed by atoms with Crippen molar-refractivity contribution in [3.8, 4) is 0 Å². The third kappa shape index (κ3) is 4.84. The Kier molecular flexibility index (Phi) is 6.13. The number of ether oxygens (including phenoxy) is 1.